The molecule has 0 aliphatic rings. The minimum absolute atomic E-state index is 0. The second-order valence-corrected chi connectivity index (χ2v) is 23.7. The van der Waals surface area contributed by atoms with Gasteiger partial charge in [0.1, 0.15) is 0 Å². The van der Waals surface area contributed by atoms with E-state index in [1.807, 2.05) is 0 Å². The van der Waals surface area contributed by atoms with Crippen molar-refractivity contribution in [1.82, 2.24) is 30.7 Å². The first-order valence-electron chi connectivity index (χ1n) is 29.1. The highest BCUT2D eigenvalue weighted by Gasteiger charge is 2.10. The molecule has 6 N–H and O–H groups in total. The maximum absolute atomic E-state index is 12.3. The molecule has 406 valence electrons. The maximum Gasteiger partial charge on any atom is 0.211 e. The fourth-order valence-electron chi connectivity index (χ4n) is 8.74. The molecule has 0 saturated heterocycles. The zero-order valence-electron chi connectivity index (χ0n) is 44.6. The number of halogens is 1. The summed E-state index contributed by atoms with van der Waals surface area (Å²) in [5.41, 5.74) is 0. The molecule has 0 aliphatic heterocycles. The van der Waals surface area contributed by atoms with Gasteiger partial charge in [0, 0.05) is 13.1 Å². The van der Waals surface area contributed by atoms with Crippen molar-refractivity contribution in [3.8, 4) is 0 Å². The van der Waals surface area contributed by atoms with Crippen LogP contribution < -0.4 is 30.7 Å². The van der Waals surface area contributed by atoms with Crippen LogP contribution in [0.1, 0.15) is 271 Å². The van der Waals surface area contributed by atoms with E-state index in [9.17, 15) is 16.8 Å². The van der Waals surface area contributed by atoms with Gasteiger partial charge in [-0.2, -0.15) is 0 Å². The summed E-state index contributed by atoms with van der Waals surface area (Å²) in [6, 6.07) is 0. The molecule has 0 saturated carbocycles. The van der Waals surface area contributed by atoms with Crippen LogP contribution in [-0.4, -0.2) is 93.8 Å². The summed E-state index contributed by atoms with van der Waals surface area (Å²) >= 11 is 0. The summed E-state index contributed by atoms with van der Waals surface area (Å²) in [6.45, 7) is 13.4. The third-order valence-corrected chi connectivity index (χ3v) is 16.0. The zero-order chi connectivity index (χ0) is 48.0. The minimum atomic E-state index is -3.15. The van der Waals surface area contributed by atoms with E-state index in [1.165, 1.54) is 193 Å². The molecule has 67 heavy (non-hydrogen) atoms. The predicted molar refractivity (Wildman–Crippen MR) is 298 cm³/mol. The first kappa shape index (κ1) is 69.0. The van der Waals surface area contributed by atoms with E-state index < -0.39 is 20.0 Å². The van der Waals surface area contributed by atoms with Gasteiger partial charge in [0.2, 0.25) is 20.0 Å². The third-order valence-electron chi connectivity index (χ3n) is 13.1. The molecule has 0 aliphatic carbocycles. The van der Waals surface area contributed by atoms with Crippen molar-refractivity contribution >= 4 is 32.5 Å². The molecule has 0 spiro atoms. The largest absolute Gasteiger partial charge is 0.317 e. The molecular formula is C54H117ClN6O4S2. The van der Waals surface area contributed by atoms with Gasteiger partial charge in [-0.05, 0) is 104 Å². The van der Waals surface area contributed by atoms with Crippen molar-refractivity contribution in [2.45, 2.75) is 271 Å². The predicted octanol–water partition coefficient (Wildman–Crippen LogP) is 13.2. The Labute approximate surface area is 425 Å². The minimum Gasteiger partial charge on any atom is -0.317 e. The summed E-state index contributed by atoms with van der Waals surface area (Å²) in [4.78, 5) is 0. The standard InChI is InChI=1S/C54H116N6O4S2.ClH/c1-3-5-7-9-11-13-15-17-19-21-23-25-27-29-33-37-53-65(61,62)59-51-41-49-57-47-39-45-55-43-35-31-32-36-44-56-46-40-48-58-50-42-52-60-66(63,64)54-38-34-30-28-26-24-22-20-18-16-14-12-10-8-6-4-2;/h55-60H,3-54H2,1-2H3;1H. The van der Waals surface area contributed by atoms with Crippen LogP contribution in [0.25, 0.3) is 0 Å². The highest BCUT2D eigenvalue weighted by Crippen LogP contribution is 2.15. The number of nitrogens with one attached hydrogen (secondary N) is 6. The summed E-state index contributed by atoms with van der Waals surface area (Å²) in [5, 5.41) is 14.0. The van der Waals surface area contributed by atoms with Crippen LogP contribution in [-0.2, 0) is 20.0 Å². The molecule has 0 aromatic heterocycles. The lowest BCUT2D eigenvalue weighted by Gasteiger charge is -2.09. The Morgan fingerprint density at radius 3 is 0.642 bits per heavy atom. The van der Waals surface area contributed by atoms with Crippen molar-refractivity contribution in [2.24, 2.45) is 0 Å². The molecule has 13 heteroatoms. The molecular weight excluding hydrogens is 896 g/mol. The number of sulfonamides is 2. The second-order valence-electron chi connectivity index (χ2n) is 19.9. The summed E-state index contributed by atoms with van der Waals surface area (Å²) in [5.74, 6) is 0.524. The van der Waals surface area contributed by atoms with E-state index in [1.54, 1.807) is 0 Å². The Morgan fingerprint density at radius 1 is 0.224 bits per heavy atom. The molecule has 0 radical (unpaired) electrons. The molecule has 0 amide bonds. The molecule has 0 rings (SSSR count). The zero-order valence-corrected chi connectivity index (χ0v) is 47.1. The van der Waals surface area contributed by atoms with Crippen LogP contribution in [0, 0.1) is 0 Å². The molecule has 10 nitrogen and oxygen atoms in total. The smallest absolute Gasteiger partial charge is 0.211 e. The molecule has 0 unspecified atom stereocenters. The summed E-state index contributed by atoms with van der Waals surface area (Å²) in [7, 11) is -6.29. The molecule has 0 bridgehead atoms. The van der Waals surface area contributed by atoms with Gasteiger partial charge < -0.3 is 21.3 Å². The maximum atomic E-state index is 12.3. The molecule has 0 heterocycles. The fraction of sp³-hybridized carbons (Fsp3) is 1.00. The van der Waals surface area contributed by atoms with Crippen LogP contribution in [0.5, 0.6) is 0 Å². The van der Waals surface area contributed by atoms with E-state index in [0.29, 0.717) is 13.1 Å². The Balaban J connectivity index is 0. The lowest BCUT2D eigenvalue weighted by atomic mass is 10.0. The highest BCUT2D eigenvalue weighted by atomic mass is 35.5. The van der Waals surface area contributed by atoms with Crippen LogP contribution in [0.4, 0.5) is 0 Å². The monoisotopic (exact) mass is 1010 g/mol. The van der Waals surface area contributed by atoms with Crippen molar-refractivity contribution in [3.05, 3.63) is 0 Å². The lowest BCUT2D eigenvalue weighted by Crippen LogP contribution is -2.30. The van der Waals surface area contributed by atoms with Crippen LogP contribution in [0.2, 0.25) is 0 Å². The molecule has 0 aromatic rings. The highest BCUT2D eigenvalue weighted by molar-refractivity contribution is 7.89. The molecule has 0 atom stereocenters. The normalized spacial score (nSPS) is 12.0. The topological polar surface area (TPSA) is 140 Å². The van der Waals surface area contributed by atoms with Crippen molar-refractivity contribution in [1.29, 1.82) is 0 Å². The van der Waals surface area contributed by atoms with Crippen molar-refractivity contribution in [3.63, 3.8) is 0 Å². The Hall–Kier alpha value is -0.0500. The Morgan fingerprint density at radius 2 is 0.403 bits per heavy atom. The van der Waals surface area contributed by atoms with Gasteiger partial charge in [0.15, 0.2) is 0 Å². The Bertz CT molecular complexity index is 1070. The van der Waals surface area contributed by atoms with Crippen LogP contribution in [0.15, 0.2) is 0 Å². The first-order valence-corrected chi connectivity index (χ1v) is 32.4. The van der Waals surface area contributed by atoms with Gasteiger partial charge in [0.05, 0.1) is 11.5 Å². The third kappa shape index (κ3) is 60.2. The van der Waals surface area contributed by atoms with Gasteiger partial charge in [-0.3, -0.25) is 0 Å². The first-order chi connectivity index (χ1) is 32.3. The van der Waals surface area contributed by atoms with E-state index in [0.717, 1.165) is 117 Å². The van der Waals surface area contributed by atoms with Gasteiger partial charge >= 0.3 is 0 Å². The summed E-state index contributed by atoms with van der Waals surface area (Å²) in [6.07, 6.45) is 50.3. The quantitative estimate of drug-likeness (QED) is 0.0331. The fourth-order valence-corrected chi connectivity index (χ4v) is 11.1. The van der Waals surface area contributed by atoms with Crippen molar-refractivity contribution in [2.75, 3.05) is 77.0 Å². The number of unbranched alkanes of at least 4 members (excludes halogenated alkanes) is 33. The van der Waals surface area contributed by atoms with Crippen LogP contribution >= 0.6 is 12.4 Å². The van der Waals surface area contributed by atoms with Gasteiger partial charge in [0.25, 0.3) is 0 Å². The lowest BCUT2D eigenvalue weighted by molar-refractivity contribution is 0.529. The number of rotatable bonds is 59. The Kier molecular flexibility index (Phi) is 58.6. The van der Waals surface area contributed by atoms with E-state index in [4.69, 9.17) is 0 Å². The number of hydrogen-bond acceptors (Lipinski definition) is 8. The van der Waals surface area contributed by atoms with E-state index in [-0.39, 0.29) is 23.9 Å². The summed E-state index contributed by atoms with van der Waals surface area (Å²) < 4.78 is 54.9. The van der Waals surface area contributed by atoms with E-state index >= 15 is 0 Å². The van der Waals surface area contributed by atoms with Crippen LogP contribution in [0.3, 0.4) is 0 Å². The second kappa shape index (κ2) is 56.9. The van der Waals surface area contributed by atoms with Gasteiger partial charge in [-0.1, -0.05) is 219 Å². The molecule has 0 aromatic carbocycles. The average Bonchev–Trinajstić information content (AvgIpc) is 3.30. The van der Waals surface area contributed by atoms with Crippen molar-refractivity contribution < 1.29 is 16.8 Å². The van der Waals surface area contributed by atoms with Gasteiger partial charge in [-0.25, -0.2) is 26.3 Å². The number of hydrogen-bond donors (Lipinski definition) is 6. The van der Waals surface area contributed by atoms with Gasteiger partial charge in [-0.15, -0.1) is 12.4 Å². The van der Waals surface area contributed by atoms with E-state index in [2.05, 4.69) is 44.6 Å². The molecule has 0 fully saturated rings. The average molecular weight is 1010 g/mol. The SMILES string of the molecule is CCCCCCCCCCCCCCCCCCS(=O)(=O)NCCCNCCCNCCCCCCNCCCNCCCNS(=O)(=O)CCCCCCCCCCCCCCCCCC.Cl.